The molecule has 0 bridgehead atoms. The van der Waals surface area contributed by atoms with Crippen LogP contribution in [0.4, 0.5) is 5.69 Å². The van der Waals surface area contributed by atoms with E-state index >= 15 is 0 Å². The minimum absolute atomic E-state index is 0.0304. The van der Waals surface area contributed by atoms with Crippen LogP contribution in [0.3, 0.4) is 0 Å². The summed E-state index contributed by atoms with van der Waals surface area (Å²) in [7, 11) is 1.77. The second-order valence-corrected chi connectivity index (χ2v) is 5.45. The highest BCUT2D eigenvalue weighted by atomic mass is 35.5. The Balaban J connectivity index is 2.14. The molecule has 0 saturated carbocycles. The Morgan fingerprint density at radius 2 is 1.85 bits per heavy atom. The third-order valence-corrected chi connectivity index (χ3v) is 3.92. The smallest absolute Gasteiger partial charge is 0.258 e. The molecule has 2 aromatic carbocycles. The van der Waals surface area contributed by atoms with Gasteiger partial charge < -0.3 is 4.90 Å². The van der Waals surface area contributed by atoms with Crippen LogP contribution in [0.25, 0.3) is 11.6 Å². The summed E-state index contributed by atoms with van der Waals surface area (Å²) >= 11 is 12.1. The average molecular weight is 304 g/mol. The van der Waals surface area contributed by atoms with Gasteiger partial charge in [-0.15, -0.1) is 0 Å². The van der Waals surface area contributed by atoms with Crippen molar-refractivity contribution >= 4 is 46.4 Å². The van der Waals surface area contributed by atoms with Crippen molar-refractivity contribution in [1.29, 1.82) is 0 Å². The molecule has 1 heterocycles. The van der Waals surface area contributed by atoms with Gasteiger partial charge in [0.2, 0.25) is 0 Å². The number of nitrogens with zero attached hydrogens (tertiary/aromatic N) is 1. The maximum absolute atomic E-state index is 12.3. The van der Waals surface area contributed by atoms with Gasteiger partial charge in [0.25, 0.3) is 5.91 Å². The molecule has 20 heavy (non-hydrogen) atoms. The number of carbonyl (C=O) groups is 1. The number of carbonyl (C=O) groups excluding carboxylic acids is 1. The lowest BCUT2D eigenvalue weighted by molar-refractivity contribution is -0.112. The Bertz CT molecular complexity index is 737. The number of benzene rings is 2. The normalized spacial score (nSPS) is 15.8. The minimum Gasteiger partial charge on any atom is -0.311 e. The molecule has 4 heteroatoms. The maximum Gasteiger partial charge on any atom is 0.258 e. The largest absolute Gasteiger partial charge is 0.311 e. The fourth-order valence-corrected chi connectivity index (χ4v) is 2.78. The zero-order chi connectivity index (χ0) is 14.3. The molecule has 0 saturated heterocycles. The van der Waals surface area contributed by atoms with Crippen LogP contribution in [0.2, 0.25) is 10.0 Å². The lowest BCUT2D eigenvalue weighted by atomic mass is 10.0. The molecular weight excluding hydrogens is 293 g/mol. The first-order valence-corrected chi connectivity index (χ1v) is 6.88. The number of amides is 1. The summed E-state index contributed by atoms with van der Waals surface area (Å²) in [6.45, 7) is 0. The summed E-state index contributed by atoms with van der Waals surface area (Å²) in [5, 5.41) is 1.11. The summed E-state index contributed by atoms with van der Waals surface area (Å²) < 4.78 is 0. The van der Waals surface area contributed by atoms with E-state index in [0.717, 1.165) is 16.8 Å². The van der Waals surface area contributed by atoms with Crippen molar-refractivity contribution in [2.75, 3.05) is 11.9 Å². The van der Waals surface area contributed by atoms with Gasteiger partial charge in [-0.3, -0.25) is 4.79 Å². The minimum atomic E-state index is -0.0304. The first-order chi connectivity index (χ1) is 9.58. The van der Waals surface area contributed by atoms with Crippen molar-refractivity contribution in [3.05, 3.63) is 63.6 Å². The van der Waals surface area contributed by atoms with Crippen molar-refractivity contribution in [3.8, 4) is 0 Å². The number of para-hydroxylation sites is 1. The molecular formula is C16H11Cl2NO. The molecule has 0 unspecified atom stereocenters. The highest BCUT2D eigenvalue weighted by molar-refractivity contribution is 6.38. The van der Waals surface area contributed by atoms with Gasteiger partial charge in [0.05, 0.1) is 5.69 Å². The number of rotatable bonds is 1. The highest BCUT2D eigenvalue weighted by Crippen LogP contribution is 2.37. The topological polar surface area (TPSA) is 20.3 Å². The maximum atomic E-state index is 12.3. The molecule has 0 fully saturated rings. The number of likely N-dealkylation sites (N-methyl/N-ethyl adjacent to an activating group) is 1. The first kappa shape index (κ1) is 13.2. The Labute approximate surface area is 127 Å². The zero-order valence-electron chi connectivity index (χ0n) is 10.7. The third kappa shape index (κ3) is 2.11. The highest BCUT2D eigenvalue weighted by Gasteiger charge is 2.29. The average Bonchev–Trinajstić information content (AvgIpc) is 2.67. The van der Waals surface area contributed by atoms with E-state index in [2.05, 4.69) is 0 Å². The van der Waals surface area contributed by atoms with Gasteiger partial charge in [-0.25, -0.2) is 0 Å². The van der Waals surface area contributed by atoms with Gasteiger partial charge in [0.15, 0.2) is 0 Å². The summed E-state index contributed by atoms with van der Waals surface area (Å²) in [5.74, 6) is -0.0304. The van der Waals surface area contributed by atoms with Gasteiger partial charge in [0, 0.05) is 28.2 Å². The number of anilines is 1. The van der Waals surface area contributed by atoms with E-state index in [1.807, 2.05) is 36.4 Å². The van der Waals surface area contributed by atoms with E-state index < -0.39 is 0 Å². The van der Waals surface area contributed by atoms with Crippen LogP contribution >= 0.6 is 23.2 Å². The summed E-state index contributed by atoms with van der Waals surface area (Å²) in [4.78, 5) is 14.0. The van der Waals surface area contributed by atoms with Gasteiger partial charge >= 0.3 is 0 Å². The summed E-state index contributed by atoms with van der Waals surface area (Å²) in [6, 6.07) is 12.9. The van der Waals surface area contributed by atoms with Crippen LogP contribution in [-0.2, 0) is 4.79 Å². The molecule has 0 radical (unpaired) electrons. The fraction of sp³-hybridized carbons (Fsp3) is 0.0625. The van der Waals surface area contributed by atoms with Crippen molar-refractivity contribution in [1.82, 2.24) is 0 Å². The molecule has 2 nitrogen and oxygen atoms in total. The van der Waals surface area contributed by atoms with Gasteiger partial charge in [-0.2, -0.15) is 0 Å². The Kier molecular flexibility index (Phi) is 3.28. The molecule has 1 aliphatic heterocycles. The van der Waals surface area contributed by atoms with E-state index in [1.165, 1.54) is 0 Å². The molecule has 100 valence electrons. The van der Waals surface area contributed by atoms with Gasteiger partial charge in [-0.05, 0) is 29.8 Å². The van der Waals surface area contributed by atoms with Crippen LogP contribution in [0, 0.1) is 0 Å². The Morgan fingerprint density at radius 1 is 1.10 bits per heavy atom. The number of hydrogen-bond acceptors (Lipinski definition) is 1. The second-order valence-electron chi connectivity index (χ2n) is 4.61. The second kappa shape index (κ2) is 4.97. The molecule has 0 spiro atoms. The predicted octanol–water partition coefficient (Wildman–Crippen LogP) is 4.51. The number of hydrogen-bond donors (Lipinski definition) is 0. The van der Waals surface area contributed by atoms with Crippen LogP contribution in [-0.4, -0.2) is 13.0 Å². The van der Waals surface area contributed by atoms with E-state index in [9.17, 15) is 4.79 Å². The van der Waals surface area contributed by atoms with Crippen molar-refractivity contribution in [2.24, 2.45) is 0 Å². The number of halogens is 2. The SMILES string of the molecule is CN1C(=O)C(=Cc2ccc(Cl)cc2Cl)c2ccccc21. The van der Waals surface area contributed by atoms with E-state index in [-0.39, 0.29) is 5.91 Å². The lowest BCUT2D eigenvalue weighted by Gasteiger charge is -2.08. The summed E-state index contributed by atoms with van der Waals surface area (Å²) in [6.07, 6.45) is 1.81. The van der Waals surface area contributed by atoms with Crippen LogP contribution in [0.5, 0.6) is 0 Å². The molecule has 2 aromatic rings. The quantitative estimate of drug-likeness (QED) is 0.710. The van der Waals surface area contributed by atoms with Crippen molar-refractivity contribution in [2.45, 2.75) is 0 Å². The standard InChI is InChI=1S/C16H11Cl2NO/c1-19-15-5-3-2-4-12(15)13(16(19)20)8-10-6-7-11(17)9-14(10)18/h2-9H,1H3. The van der Waals surface area contributed by atoms with Gasteiger partial charge in [0.1, 0.15) is 0 Å². The third-order valence-electron chi connectivity index (χ3n) is 3.35. The molecule has 0 aliphatic carbocycles. The van der Waals surface area contributed by atoms with E-state index in [4.69, 9.17) is 23.2 Å². The molecule has 0 N–H and O–H groups in total. The van der Waals surface area contributed by atoms with Crippen LogP contribution in [0.1, 0.15) is 11.1 Å². The van der Waals surface area contributed by atoms with E-state index in [0.29, 0.717) is 15.6 Å². The predicted molar refractivity (Wildman–Crippen MR) is 84.2 cm³/mol. The van der Waals surface area contributed by atoms with Crippen molar-refractivity contribution < 1.29 is 4.79 Å². The van der Waals surface area contributed by atoms with Crippen LogP contribution < -0.4 is 4.90 Å². The molecule has 0 atom stereocenters. The Hall–Kier alpha value is -1.77. The first-order valence-electron chi connectivity index (χ1n) is 6.12. The monoisotopic (exact) mass is 303 g/mol. The Morgan fingerprint density at radius 3 is 2.60 bits per heavy atom. The summed E-state index contributed by atoms with van der Waals surface area (Å²) in [5.41, 5.74) is 3.26. The van der Waals surface area contributed by atoms with E-state index in [1.54, 1.807) is 24.1 Å². The van der Waals surface area contributed by atoms with Crippen LogP contribution in [0.15, 0.2) is 42.5 Å². The van der Waals surface area contributed by atoms with Gasteiger partial charge in [-0.1, -0.05) is 47.5 Å². The molecule has 1 aliphatic rings. The molecule has 0 aromatic heterocycles. The van der Waals surface area contributed by atoms with Crippen molar-refractivity contribution in [3.63, 3.8) is 0 Å². The zero-order valence-corrected chi connectivity index (χ0v) is 12.2. The number of fused-ring (bicyclic) bond motifs is 1. The fourth-order valence-electron chi connectivity index (χ4n) is 2.31. The molecule has 1 amide bonds. The molecule has 3 rings (SSSR count). The lowest BCUT2D eigenvalue weighted by Crippen LogP contribution is -2.20.